The van der Waals surface area contributed by atoms with Gasteiger partial charge in [-0.3, -0.25) is 9.59 Å². The summed E-state index contributed by atoms with van der Waals surface area (Å²) in [6, 6.07) is 18.6. The molecule has 0 aliphatic carbocycles. The van der Waals surface area contributed by atoms with Crippen molar-refractivity contribution in [2.24, 2.45) is 5.92 Å². The first-order valence-corrected chi connectivity index (χ1v) is 10.1. The second-order valence-electron chi connectivity index (χ2n) is 7.42. The number of ether oxygens (including phenoxy) is 1. The smallest absolute Gasteiger partial charge is 0.321 e. The predicted molar refractivity (Wildman–Crippen MR) is 114 cm³/mol. The van der Waals surface area contributed by atoms with Gasteiger partial charge in [-0.25, -0.2) is 4.79 Å². The topological polar surface area (TPSA) is 79.0 Å². The molecule has 1 heterocycles. The summed E-state index contributed by atoms with van der Waals surface area (Å²) >= 11 is 0. The van der Waals surface area contributed by atoms with Crippen molar-refractivity contribution in [2.45, 2.75) is 19.4 Å². The number of anilines is 1. The number of benzene rings is 2. The number of carbonyl (C=O) groups is 3. The summed E-state index contributed by atoms with van der Waals surface area (Å²) in [7, 11) is 1.68. The number of para-hydroxylation sites is 1. The minimum Gasteiger partial charge on any atom is -0.455 e. The van der Waals surface area contributed by atoms with Gasteiger partial charge in [-0.2, -0.15) is 0 Å². The maximum atomic E-state index is 12.5. The lowest BCUT2D eigenvalue weighted by Crippen LogP contribution is -2.45. The van der Waals surface area contributed by atoms with Crippen molar-refractivity contribution in [3.05, 3.63) is 66.2 Å². The van der Waals surface area contributed by atoms with Crippen molar-refractivity contribution in [2.75, 3.05) is 32.1 Å². The first-order valence-electron chi connectivity index (χ1n) is 10.1. The zero-order chi connectivity index (χ0) is 21.3. The minimum absolute atomic E-state index is 0.239. The summed E-state index contributed by atoms with van der Waals surface area (Å²) in [5.74, 6) is -1.12. The van der Waals surface area contributed by atoms with Crippen LogP contribution in [-0.4, -0.2) is 54.5 Å². The number of piperidine rings is 1. The van der Waals surface area contributed by atoms with Gasteiger partial charge in [-0.1, -0.05) is 48.5 Å². The van der Waals surface area contributed by atoms with Crippen molar-refractivity contribution in [3.63, 3.8) is 0 Å². The molecule has 30 heavy (non-hydrogen) atoms. The van der Waals surface area contributed by atoms with E-state index >= 15 is 0 Å². The fraction of sp³-hybridized carbons (Fsp3) is 0.348. The lowest BCUT2D eigenvalue weighted by atomic mass is 9.98. The van der Waals surface area contributed by atoms with Gasteiger partial charge in [-0.15, -0.1) is 0 Å². The van der Waals surface area contributed by atoms with Crippen LogP contribution >= 0.6 is 0 Å². The Hall–Kier alpha value is -3.35. The Bertz CT molecular complexity index is 857. The Kier molecular flexibility index (Phi) is 7.43. The van der Waals surface area contributed by atoms with E-state index in [0.29, 0.717) is 31.6 Å². The Balaban J connectivity index is 1.45. The number of hydrogen-bond donors (Lipinski definition) is 1. The number of urea groups is 1. The second kappa shape index (κ2) is 10.4. The van der Waals surface area contributed by atoms with Crippen molar-refractivity contribution in [1.29, 1.82) is 0 Å². The molecular formula is C23H27N3O4. The summed E-state index contributed by atoms with van der Waals surface area (Å²) in [5.41, 5.74) is 1.71. The van der Waals surface area contributed by atoms with Gasteiger partial charge in [0.15, 0.2) is 6.61 Å². The van der Waals surface area contributed by atoms with E-state index in [1.807, 2.05) is 60.7 Å². The molecule has 1 fully saturated rings. The third-order valence-electron chi connectivity index (χ3n) is 5.09. The molecule has 2 aromatic carbocycles. The van der Waals surface area contributed by atoms with Crippen LogP contribution in [0.25, 0.3) is 0 Å². The zero-order valence-corrected chi connectivity index (χ0v) is 17.1. The standard InChI is InChI=1S/C23H27N3O4/c1-25(15-18-9-4-2-5-10-18)21(27)17-30-22(28)19-11-8-14-26(16-19)23(29)24-20-12-6-3-7-13-20/h2-7,9-10,12-13,19H,8,11,14-17H2,1H3,(H,24,29). The summed E-state index contributed by atoms with van der Waals surface area (Å²) in [4.78, 5) is 40.4. The average molecular weight is 409 g/mol. The summed E-state index contributed by atoms with van der Waals surface area (Å²) in [6.45, 7) is 1.02. The van der Waals surface area contributed by atoms with Gasteiger partial charge in [-0.05, 0) is 30.5 Å². The molecule has 3 rings (SSSR count). The zero-order valence-electron chi connectivity index (χ0n) is 17.1. The molecule has 158 valence electrons. The van der Waals surface area contributed by atoms with E-state index in [-0.39, 0.29) is 25.1 Å². The van der Waals surface area contributed by atoms with Gasteiger partial charge < -0.3 is 19.9 Å². The number of esters is 1. The quantitative estimate of drug-likeness (QED) is 0.744. The maximum Gasteiger partial charge on any atom is 0.321 e. The first-order chi connectivity index (χ1) is 14.5. The third-order valence-corrected chi connectivity index (χ3v) is 5.09. The largest absolute Gasteiger partial charge is 0.455 e. The molecule has 7 nitrogen and oxygen atoms in total. The molecule has 0 aromatic heterocycles. The van der Waals surface area contributed by atoms with Gasteiger partial charge >= 0.3 is 12.0 Å². The van der Waals surface area contributed by atoms with Crippen LogP contribution in [0.5, 0.6) is 0 Å². The van der Waals surface area contributed by atoms with E-state index in [4.69, 9.17) is 4.74 Å². The molecule has 1 aliphatic rings. The number of hydrogen-bond acceptors (Lipinski definition) is 4. The normalized spacial score (nSPS) is 15.9. The Morgan fingerprint density at radius 2 is 1.73 bits per heavy atom. The van der Waals surface area contributed by atoms with Gasteiger partial charge in [0.25, 0.3) is 5.91 Å². The Morgan fingerprint density at radius 1 is 1.07 bits per heavy atom. The highest BCUT2D eigenvalue weighted by Crippen LogP contribution is 2.19. The molecule has 1 N–H and O–H groups in total. The molecule has 1 aliphatic heterocycles. The van der Waals surface area contributed by atoms with Crippen LogP contribution in [0.15, 0.2) is 60.7 Å². The Labute approximate surface area is 176 Å². The Morgan fingerprint density at radius 3 is 2.43 bits per heavy atom. The first kappa shape index (κ1) is 21.4. The van der Waals surface area contributed by atoms with Gasteiger partial charge in [0.2, 0.25) is 0 Å². The van der Waals surface area contributed by atoms with E-state index in [1.54, 1.807) is 11.9 Å². The molecule has 0 radical (unpaired) electrons. The number of amides is 3. The summed E-state index contributed by atoms with van der Waals surface area (Å²) < 4.78 is 5.26. The van der Waals surface area contributed by atoms with Crippen molar-refractivity contribution in [1.82, 2.24) is 9.80 Å². The number of likely N-dealkylation sites (tertiary alicyclic amines) is 1. The summed E-state index contributed by atoms with van der Waals surface area (Å²) in [5, 5.41) is 2.83. The van der Waals surface area contributed by atoms with E-state index in [2.05, 4.69) is 5.32 Å². The molecule has 1 saturated heterocycles. The van der Waals surface area contributed by atoms with Crippen LogP contribution in [0, 0.1) is 5.92 Å². The van der Waals surface area contributed by atoms with Crippen molar-refractivity contribution < 1.29 is 19.1 Å². The highest BCUT2D eigenvalue weighted by Gasteiger charge is 2.30. The third kappa shape index (κ3) is 6.07. The van der Waals surface area contributed by atoms with Gasteiger partial charge in [0, 0.05) is 32.4 Å². The van der Waals surface area contributed by atoms with Crippen LogP contribution in [0.3, 0.4) is 0 Å². The fourth-order valence-electron chi connectivity index (χ4n) is 3.38. The predicted octanol–water partition coefficient (Wildman–Crippen LogP) is 3.13. The van der Waals surface area contributed by atoms with E-state index in [1.165, 1.54) is 4.90 Å². The molecule has 2 aromatic rings. The molecule has 0 saturated carbocycles. The van der Waals surface area contributed by atoms with Gasteiger partial charge in [0.1, 0.15) is 0 Å². The van der Waals surface area contributed by atoms with Crippen molar-refractivity contribution >= 4 is 23.6 Å². The molecule has 3 amide bonds. The minimum atomic E-state index is -0.436. The fourth-order valence-corrected chi connectivity index (χ4v) is 3.38. The molecule has 7 heteroatoms. The SMILES string of the molecule is CN(Cc1ccccc1)C(=O)COC(=O)C1CCCN(C(=O)Nc2ccccc2)C1. The molecule has 1 atom stereocenters. The van der Waals surface area contributed by atoms with E-state index in [0.717, 1.165) is 5.56 Å². The van der Waals surface area contributed by atoms with Crippen LogP contribution in [0.2, 0.25) is 0 Å². The summed E-state index contributed by atoms with van der Waals surface area (Å²) in [6.07, 6.45) is 1.35. The highest BCUT2D eigenvalue weighted by molar-refractivity contribution is 5.90. The van der Waals surface area contributed by atoms with Crippen molar-refractivity contribution in [3.8, 4) is 0 Å². The maximum absolute atomic E-state index is 12.5. The molecule has 1 unspecified atom stereocenters. The van der Waals surface area contributed by atoms with Crippen LogP contribution < -0.4 is 5.32 Å². The number of nitrogens with one attached hydrogen (secondary N) is 1. The highest BCUT2D eigenvalue weighted by atomic mass is 16.5. The number of likely N-dealkylation sites (N-methyl/N-ethyl adjacent to an activating group) is 1. The number of rotatable bonds is 6. The van der Waals surface area contributed by atoms with Gasteiger partial charge in [0.05, 0.1) is 5.92 Å². The monoisotopic (exact) mass is 409 g/mol. The van der Waals surface area contributed by atoms with Crippen LogP contribution in [-0.2, 0) is 20.9 Å². The van der Waals surface area contributed by atoms with Crippen LogP contribution in [0.1, 0.15) is 18.4 Å². The average Bonchev–Trinajstić information content (AvgIpc) is 2.78. The number of nitrogens with zero attached hydrogens (tertiary/aromatic N) is 2. The van der Waals surface area contributed by atoms with Crippen LogP contribution in [0.4, 0.5) is 10.5 Å². The molecule has 0 spiro atoms. The van der Waals surface area contributed by atoms with E-state index < -0.39 is 11.9 Å². The lowest BCUT2D eigenvalue weighted by molar-refractivity contribution is -0.156. The molecule has 0 bridgehead atoms. The second-order valence-corrected chi connectivity index (χ2v) is 7.42. The van der Waals surface area contributed by atoms with E-state index in [9.17, 15) is 14.4 Å². The lowest BCUT2D eigenvalue weighted by Gasteiger charge is -2.31. The number of carbonyl (C=O) groups excluding carboxylic acids is 3. The molecular weight excluding hydrogens is 382 g/mol.